The molecule has 0 saturated heterocycles. The average molecular weight is 187 g/mol. The van der Waals surface area contributed by atoms with Gasteiger partial charge in [-0.2, -0.15) is 0 Å². The SMILES string of the molecule is NCCCCOC(=CC=O)C(=O)O. The van der Waals surface area contributed by atoms with Crippen LogP contribution in [0.5, 0.6) is 0 Å². The number of aldehydes is 1. The standard InChI is InChI=1S/C8H13NO4/c9-4-1-2-6-13-7(3-5-10)8(11)12/h3,5H,1-2,4,6,9H2,(H,11,12). The summed E-state index contributed by atoms with van der Waals surface area (Å²) in [7, 11) is 0. The summed E-state index contributed by atoms with van der Waals surface area (Å²) in [6.07, 6.45) is 2.71. The van der Waals surface area contributed by atoms with Crippen LogP contribution in [0.15, 0.2) is 11.8 Å². The Labute approximate surface area is 76.2 Å². The predicted molar refractivity (Wildman–Crippen MR) is 46.0 cm³/mol. The molecule has 0 aliphatic carbocycles. The summed E-state index contributed by atoms with van der Waals surface area (Å²) in [6, 6.07) is 0. The van der Waals surface area contributed by atoms with Crippen LogP contribution < -0.4 is 5.73 Å². The molecule has 0 fully saturated rings. The van der Waals surface area contributed by atoms with E-state index in [4.69, 9.17) is 15.6 Å². The number of carboxylic acids is 1. The maximum Gasteiger partial charge on any atom is 0.371 e. The number of hydrogen-bond acceptors (Lipinski definition) is 4. The zero-order chi connectivity index (χ0) is 10.1. The molecule has 0 saturated carbocycles. The fourth-order valence-electron chi connectivity index (χ4n) is 0.671. The first-order chi connectivity index (χ1) is 6.22. The predicted octanol–water partition coefficient (Wildman–Crippen LogP) is -0.0907. The van der Waals surface area contributed by atoms with E-state index in [2.05, 4.69) is 0 Å². The number of carbonyl (C=O) groups is 2. The highest BCUT2D eigenvalue weighted by Gasteiger charge is 2.06. The summed E-state index contributed by atoms with van der Waals surface area (Å²) in [5.74, 6) is -1.56. The Morgan fingerprint density at radius 2 is 2.15 bits per heavy atom. The van der Waals surface area contributed by atoms with Gasteiger partial charge in [0.1, 0.15) is 6.29 Å². The molecule has 0 aromatic carbocycles. The van der Waals surface area contributed by atoms with Gasteiger partial charge in [0, 0.05) is 6.08 Å². The number of allylic oxidation sites excluding steroid dienone is 1. The van der Waals surface area contributed by atoms with Crippen LogP contribution in [0.25, 0.3) is 0 Å². The van der Waals surface area contributed by atoms with Crippen molar-refractivity contribution in [3.8, 4) is 0 Å². The molecule has 0 aliphatic heterocycles. The molecule has 13 heavy (non-hydrogen) atoms. The molecular weight excluding hydrogens is 174 g/mol. The largest absolute Gasteiger partial charge is 0.486 e. The Morgan fingerprint density at radius 1 is 1.46 bits per heavy atom. The lowest BCUT2D eigenvalue weighted by molar-refractivity contribution is -0.136. The Morgan fingerprint density at radius 3 is 2.62 bits per heavy atom. The van der Waals surface area contributed by atoms with E-state index in [0.29, 0.717) is 19.3 Å². The van der Waals surface area contributed by atoms with Crippen LogP contribution in [-0.4, -0.2) is 30.5 Å². The number of unbranched alkanes of at least 4 members (excludes halogenated alkanes) is 1. The summed E-state index contributed by atoms with van der Waals surface area (Å²) in [5.41, 5.74) is 5.22. The van der Waals surface area contributed by atoms with E-state index in [9.17, 15) is 9.59 Å². The van der Waals surface area contributed by atoms with Gasteiger partial charge in [-0.15, -0.1) is 0 Å². The van der Waals surface area contributed by atoms with Crippen LogP contribution in [0.3, 0.4) is 0 Å². The Bertz CT molecular complexity index is 200. The highest BCUT2D eigenvalue weighted by molar-refractivity contribution is 5.88. The van der Waals surface area contributed by atoms with E-state index in [1.54, 1.807) is 0 Å². The molecule has 0 aromatic rings. The van der Waals surface area contributed by atoms with Crippen LogP contribution in [0.2, 0.25) is 0 Å². The molecule has 0 unspecified atom stereocenters. The van der Waals surface area contributed by atoms with Gasteiger partial charge in [-0.1, -0.05) is 0 Å². The van der Waals surface area contributed by atoms with Gasteiger partial charge in [0.05, 0.1) is 6.61 Å². The minimum Gasteiger partial charge on any atom is -0.486 e. The first-order valence-electron chi connectivity index (χ1n) is 3.94. The first-order valence-corrected chi connectivity index (χ1v) is 3.94. The third-order valence-electron chi connectivity index (χ3n) is 1.29. The molecule has 5 heteroatoms. The van der Waals surface area contributed by atoms with E-state index in [1.807, 2.05) is 0 Å². The van der Waals surface area contributed by atoms with E-state index >= 15 is 0 Å². The van der Waals surface area contributed by atoms with Crippen molar-refractivity contribution in [3.63, 3.8) is 0 Å². The Balaban J connectivity index is 3.77. The fraction of sp³-hybridized carbons (Fsp3) is 0.500. The summed E-state index contributed by atoms with van der Waals surface area (Å²) < 4.78 is 4.82. The van der Waals surface area contributed by atoms with E-state index in [0.717, 1.165) is 12.5 Å². The zero-order valence-electron chi connectivity index (χ0n) is 7.23. The van der Waals surface area contributed by atoms with Crippen LogP contribution >= 0.6 is 0 Å². The van der Waals surface area contributed by atoms with Crippen LogP contribution in [0.4, 0.5) is 0 Å². The second-order valence-electron chi connectivity index (χ2n) is 2.32. The fourth-order valence-corrected chi connectivity index (χ4v) is 0.671. The average Bonchev–Trinajstić information content (AvgIpc) is 2.10. The number of nitrogens with two attached hydrogens (primary N) is 1. The van der Waals surface area contributed by atoms with E-state index in [-0.39, 0.29) is 12.4 Å². The van der Waals surface area contributed by atoms with Gasteiger partial charge in [-0.3, -0.25) is 4.79 Å². The number of rotatable bonds is 7. The van der Waals surface area contributed by atoms with Gasteiger partial charge < -0.3 is 15.6 Å². The van der Waals surface area contributed by atoms with E-state index in [1.165, 1.54) is 0 Å². The quantitative estimate of drug-likeness (QED) is 0.251. The second kappa shape index (κ2) is 7.30. The topological polar surface area (TPSA) is 89.6 Å². The van der Waals surface area contributed by atoms with Crippen molar-refractivity contribution in [2.75, 3.05) is 13.2 Å². The van der Waals surface area contributed by atoms with Crippen molar-refractivity contribution in [2.24, 2.45) is 5.73 Å². The molecule has 0 aromatic heterocycles. The summed E-state index contributed by atoms with van der Waals surface area (Å²) in [4.78, 5) is 20.3. The minimum absolute atomic E-state index is 0.267. The molecule has 0 aliphatic rings. The molecule has 5 nitrogen and oxygen atoms in total. The van der Waals surface area contributed by atoms with Gasteiger partial charge in [0.2, 0.25) is 5.76 Å². The Hall–Kier alpha value is -1.36. The molecule has 0 atom stereocenters. The van der Waals surface area contributed by atoms with Gasteiger partial charge in [-0.25, -0.2) is 4.79 Å². The molecule has 0 radical (unpaired) electrons. The molecular formula is C8H13NO4. The molecule has 0 rings (SSSR count). The molecule has 0 bridgehead atoms. The summed E-state index contributed by atoms with van der Waals surface area (Å²) in [6.45, 7) is 0.812. The summed E-state index contributed by atoms with van der Waals surface area (Å²) >= 11 is 0. The maximum absolute atomic E-state index is 10.4. The van der Waals surface area contributed by atoms with Gasteiger partial charge in [0.25, 0.3) is 0 Å². The summed E-state index contributed by atoms with van der Waals surface area (Å²) in [5, 5.41) is 8.48. The highest BCUT2D eigenvalue weighted by Crippen LogP contribution is 1.98. The molecule has 0 heterocycles. The maximum atomic E-state index is 10.4. The van der Waals surface area contributed by atoms with Crippen LogP contribution in [0, 0.1) is 0 Å². The van der Waals surface area contributed by atoms with Crippen molar-refractivity contribution < 1.29 is 19.4 Å². The van der Waals surface area contributed by atoms with Crippen molar-refractivity contribution in [1.82, 2.24) is 0 Å². The number of hydrogen-bond donors (Lipinski definition) is 2. The minimum atomic E-state index is -1.24. The molecule has 0 amide bonds. The van der Waals surface area contributed by atoms with Gasteiger partial charge in [0.15, 0.2) is 0 Å². The lowest BCUT2D eigenvalue weighted by Crippen LogP contribution is -2.07. The zero-order valence-corrected chi connectivity index (χ0v) is 7.23. The number of ether oxygens (including phenoxy) is 1. The molecule has 3 N–H and O–H groups in total. The third kappa shape index (κ3) is 5.86. The van der Waals surface area contributed by atoms with Crippen LogP contribution in [-0.2, 0) is 14.3 Å². The van der Waals surface area contributed by atoms with Gasteiger partial charge in [-0.05, 0) is 19.4 Å². The van der Waals surface area contributed by atoms with E-state index < -0.39 is 5.97 Å². The first kappa shape index (κ1) is 11.6. The smallest absolute Gasteiger partial charge is 0.371 e. The lowest BCUT2D eigenvalue weighted by Gasteiger charge is -2.04. The monoisotopic (exact) mass is 187 g/mol. The van der Waals surface area contributed by atoms with Gasteiger partial charge >= 0.3 is 5.97 Å². The molecule has 74 valence electrons. The number of aliphatic carboxylic acids is 1. The second-order valence-corrected chi connectivity index (χ2v) is 2.32. The molecule has 0 spiro atoms. The number of carbonyl (C=O) groups excluding carboxylic acids is 1. The van der Waals surface area contributed by atoms with Crippen LogP contribution in [0.1, 0.15) is 12.8 Å². The normalized spacial score (nSPS) is 11.0. The van der Waals surface area contributed by atoms with Crippen molar-refractivity contribution in [2.45, 2.75) is 12.8 Å². The van der Waals surface area contributed by atoms with Crippen molar-refractivity contribution in [1.29, 1.82) is 0 Å². The number of carboxylic acid groups (broad SMARTS) is 1. The highest BCUT2D eigenvalue weighted by atomic mass is 16.5. The lowest BCUT2D eigenvalue weighted by atomic mass is 10.3. The van der Waals surface area contributed by atoms with Crippen molar-refractivity contribution in [3.05, 3.63) is 11.8 Å². The Kier molecular flexibility index (Phi) is 6.53. The van der Waals surface area contributed by atoms with Crippen molar-refractivity contribution >= 4 is 12.3 Å². The third-order valence-corrected chi connectivity index (χ3v) is 1.29.